The third-order valence-corrected chi connectivity index (χ3v) is 4.02. The summed E-state index contributed by atoms with van der Waals surface area (Å²) in [6.45, 7) is 3.36. The van der Waals surface area contributed by atoms with Crippen molar-refractivity contribution in [2.75, 3.05) is 13.7 Å². The Balaban J connectivity index is 1.68. The lowest BCUT2D eigenvalue weighted by molar-refractivity contribution is 0.414. The van der Waals surface area contributed by atoms with Gasteiger partial charge in [-0.25, -0.2) is 0 Å². The highest BCUT2D eigenvalue weighted by Crippen LogP contribution is 2.19. The number of hydrogen-bond donors (Lipinski definition) is 1. The van der Waals surface area contributed by atoms with Crippen LogP contribution in [0.4, 0.5) is 0 Å². The summed E-state index contributed by atoms with van der Waals surface area (Å²) < 4.78 is 5.18. The minimum absolute atomic E-state index is 0.521. The smallest absolute Gasteiger partial charge is 0.118 e. The fourth-order valence-corrected chi connectivity index (χ4v) is 2.80. The van der Waals surface area contributed by atoms with Gasteiger partial charge >= 0.3 is 0 Å². The first-order valence-electron chi connectivity index (χ1n) is 7.82. The number of nitrogens with one attached hydrogen (secondary N) is 1. The number of methoxy groups -OCH3 is 1. The molecule has 0 saturated heterocycles. The number of allylic oxidation sites excluding steroid dienone is 1. The maximum atomic E-state index is 5.18. The Labute approximate surface area is 123 Å². The van der Waals surface area contributed by atoms with Crippen molar-refractivity contribution in [1.82, 2.24) is 5.32 Å². The van der Waals surface area contributed by atoms with E-state index in [1.54, 1.807) is 12.7 Å². The van der Waals surface area contributed by atoms with E-state index in [0.717, 1.165) is 18.7 Å². The van der Waals surface area contributed by atoms with Crippen LogP contribution in [-0.2, 0) is 6.42 Å². The minimum Gasteiger partial charge on any atom is -0.497 e. The standard InChI is InChI=1S/C18H27NO/c1-15(14-17-8-10-18(20-2)11-9-17)19-13-12-16-6-4-3-5-7-16/h6,8-11,15,19H,3-5,7,12-14H2,1-2H3. The van der Waals surface area contributed by atoms with Gasteiger partial charge < -0.3 is 10.1 Å². The molecule has 0 bridgehead atoms. The second kappa shape index (κ2) is 8.11. The molecule has 0 fully saturated rings. The molecule has 0 aliphatic heterocycles. The fourth-order valence-electron chi connectivity index (χ4n) is 2.80. The van der Waals surface area contributed by atoms with Crippen LogP contribution in [0.25, 0.3) is 0 Å². The average Bonchev–Trinajstić information content (AvgIpc) is 2.49. The second-order valence-corrected chi connectivity index (χ2v) is 5.77. The van der Waals surface area contributed by atoms with Gasteiger partial charge in [-0.1, -0.05) is 23.8 Å². The van der Waals surface area contributed by atoms with Gasteiger partial charge in [0.15, 0.2) is 0 Å². The molecule has 20 heavy (non-hydrogen) atoms. The summed E-state index contributed by atoms with van der Waals surface area (Å²) >= 11 is 0. The lowest BCUT2D eigenvalue weighted by Crippen LogP contribution is -2.29. The van der Waals surface area contributed by atoms with Crippen LogP contribution >= 0.6 is 0 Å². The molecule has 110 valence electrons. The molecule has 0 aromatic heterocycles. The Morgan fingerprint density at radius 2 is 2.00 bits per heavy atom. The van der Waals surface area contributed by atoms with Crippen molar-refractivity contribution in [1.29, 1.82) is 0 Å². The van der Waals surface area contributed by atoms with Gasteiger partial charge in [0.1, 0.15) is 5.75 Å². The van der Waals surface area contributed by atoms with E-state index in [1.807, 2.05) is 12.1 Å². The molecule has 0 heterocycles. The highest BCUT2D eigenvalue weighted by molar-refractivity contribution is 5.27. The Morgan fingerprint density at radius 3 is 2.65 bits per heavy atom. The summed E-state index contributed by atoms with van der Waals surface area (Å²) in [5, 5.41) is 3.63. The fraction of sp³-hybridized carbons (Fsp3) is 0.556. The molecule has 2 rings (SSSR count). The summed E-state index contributed by atoms with van der Waals surface area (Å²) in [6, 6.07) is 8.90. The van der Waals surface area contributed by atoms with E-state index >= 15 is 0 Å². The Bertz CT molecular complexity index is 422. The molecular weight excluding hydrogens is 246 g/mol. The van der Waals surface area contributed by atoms with E-state index in [4.69, 9.17) is 4.74 Å². The summed E-state index contributed by atoms with van der Waals surface area (Å²) in [5.74, 6) is 0.929. The molecule has 1 aromatic rings. The van der Waals surface area contributed by atoms with Crippen molar-refractivity contribution in [2.45, 2.75) is 51.5 Å². The quantitative estimate of drug-likeness (QED) is 0.755. The van der Waals surface area contributed by atoms with Gasteiger partial charge in [-0.15, -0.1) is 0 Å². The van der Waals surface area contributed by atoms with Crippen molar-refractivity contribution in [3.05, 3.63) is 41.5 Å². The van der Waals surface area contributed by atoms with E-state index in [0.29, 0.717) is 6.04 Å². The van der Waals surface area contributed by atoms with E-state index in [9.17, 15) is 0 Å². The summed E-state index contributed by atoms with van der Waals surface area (Å²) in [7, 11) is 1.71. The van der Waals surface area contributed by atoms with E-state index in [2.05, 4.69) is 30.4 Å². The summed E-state index contributed by atoms with van der Waals surface area (Å²) in [6.07, 6.45) is 10.1. The van der Waals surface area contributed by atoms with Crippen LogP contribution < -0.4 is 10.1 Å². The molecule has 2 nitrogen and oxygen atoms in total. The van der Waals surface area contributed by atoms with Gasteiger partial charge in [0.25, 0.3) is 0 Å². The molecule has 2 heteroatoms. The lowest BCUT2D eigenvalue weighted by Gasteiger charge is -2.16. The van der Waals surface area contributed by atoms with Gasteiger partial charge in [-0.05, 0) is 69.7 Å². The van der Waals surface area contributed by atoms with Gasteiger partial charge in [0.2, 0.25) is 0 Å². The second-order valence-electron chi connectivity index (χ2n) is 5.77. The van der Waals surface area contributed by atoms with Crippen LogP contribution in [0.1, 0.15) is 44.6 Å². The Kier molecular flexibility index (Phi) is 6.13. The highest BCUT2D eigenvalue weighted by atomic mass is 16.5. The van der Waals surface area contributed by atoms with E-state index < -0.39 is 0 Å². The predicted octanol–water partition coefficient (Wildman–Crippen LogP) is 4.11. The Morgan fingerprint density at radius 1 is 1.20 bits per heavy atom. The number of benzene rings is 1. The van der Waals surface area contributed by atoms with E-state index in [-0.39, 0.29) is 0 Å². The van der Waals surface area contributed by atoms with Crippen LogP contribution in [0.5, 0.6) is 5.75 Å². The zero-order valence-corrected chi connectivity index (χ0v) is 12.8. The van der Waals surface area contributed by atoms with Crippen molar-refractivity contribution in [2.24, 2.45) is 0 Å². The van der Waals surface area contributed by atoms with Gasteiger partial charge in [-0.2, -0.15) is 0 Å². The van der Waals surface area contributed by atoms with Crippen molar-refractivity contribution in [3.63, 3.8) is 0 Å². The first kappa shape index (κ1) is 15.1. The monoisotopic (exact) mass is 273 g/mol. The molecule has 0 amide bonds. The first-order valence-corrected chi connectivity index (χ1v) is 7.82. The van der Waals surface area contributed by atoms with Crippen LogP contribution in [0.15, 0.2) is 35.9 Å². The molecule has 1 aliphatic rings. The van der Waals surface area contributed by atoms with Gasteiger partial charge in [0, 0.05) is 6.04 Å². The third kappa shape index (κ3) is 5.01. The SMILES string of the molecule is COc1ccc(CC(C)NCCC2=CCCCC2)cc1. The molecular formula is C18H27NO. The zero-order valence-electron chi connectivity index (χ0n) is 12.8. The van der Waals surface area contributed by atoms with Crippen LogP contribution in [0.3, 0.4) is 0 Å². The zero-order chi connectivity index (χ0) is 14.2. The summed E-state index contributed by atoms with van der Waals surface area (Å²) in [4.78, 5) is 0. The molecule has 0 radical (unpaired) electrons. The number of rotatable bonds is 7. The van der Waals surface area contributed by atoms with Crippen molar-refractivity contribution < 1.29 is 4.74 Å². The number of ether oxygens (including phenoxy) is 1. The van der Waals surface area contributed by atoms with Crippen LogP contribution in [0, 0.1) is 0 Å². The normalized spacial score (nSPS) is 16.6. The van der Waals surface area contributed by atoms with Crippen molar-refractivity contribution in [3.8, 4) is 5.75 Å². The Hall–Kier alpha value is -1.28. The van der Waals surface area contributed by atoms with Crippen LogP contribution in [-0.4, -0.2) is 19.7 Å². The predicted molar refractivity (Wildman–Crippen MR) is 85.3 cm³/mol. The summed E-state index contributed by atoms with van der Waals surface area (Å²) in [5.41, 5.74) is 3.02. The highest BCUT2D eigenvalue weighted by Gasteiger charge is 2.06. The molecule has 1 atom stereocenters. The maximum Gasteiger partial charge on any atom is 0.118 e. The topological polar surface area (TPSA) is 21.3 Å². The van der Waals surface area contributed by atoms with Gasteiger partial charge in [0.05, 0.1) is 7.11 Å². The van der Waals surface area contributed by atoms with Gasteiger partial charge in [-0.3, -0.25) is 0 Å². The maximum absolute atomic E-state index is 5.18. The number of hydrogen-bond acceptors (Lipinski definition) is 2. The molecule has 1 N–H and O–H groups in total. The first-order chi connectivity index (χ1) is 9.78. The third-order valence-electron chi connectivity index (χ3n) is 4.02. The van der Waals surface area contributed by atoms with Crippen LogP contribution in [0.2, 0.25) is 0 Å². The largest absolute Gasteiger partial charge is 0.497 e. The van der Waals surface area contributed by atoms with Crippen molar-refractivity contribution >= 4 is 0 Å². The van der Waals surface area contributed by atoms with E-state index in [1.165, 1.54) is 37.7 Å². The minimum atomic E-state index is 0.521. The molecule has 1 unspecified atom stereocenters. The molecule has 1 aromatic carbocycles. The molecule has 0 spiro atoms. The molecule has 1 aliphatic carbocycles. The average molecular weight is 273 g/mol. The lowest BCUT2D eigenvalue weighted by atomic mass is 9.97. The molecule has 0 saturated carbocycles.